The average molecular weight is 232 g/mol. The molecule has 0 amide bonds. The molecule has 1 unspecified atom stereocenters. The van der Waals surface area contributed by atoms with Gasteiger partial charge in [-0.15, -0.1) is 0 Å². The Balaban J connectivity index is 1.71. The van der Waals surface area contributed by atoms with Gasteiger partial charge in [-0.05, 0) is 11.6 Å². The highest BCUT2D eigenvalue weighted by atomic mass is 16.5. The van der Waals surface area contributed by atoms with Crippen LogP contribution in [0.1, 0.15) is 24.0 Å². The molecule has 3 rings (SSSR count). The number of fused-ring (bicyclic) bond motifs is 1. The van der Waals surface area contributed by atoms with E-state index in [0.717, 1.165) is 45.1 Å². The lowest BCUT2D eigenvalue weighted by molar-refractivity contribution is 0.233. The van der Waals surface area contributed by atoms with Crippen LogP contribution in [-0.4, -0.2) is 37.7 Å². The lowest BCUT2D eigenvalue weighted by Gasteiger charge is -2.27. The van der Waals surface area contributed by atoms with Gasteiger partial charge in [-0.2, -0.15) is 0 Å². The molecule has 0 bridgehead atoms. The number of benzene rings is 1. The monoisotopic (exact) mass is 232 g/mol. The predicted molar refractivity (Wildman–Crippen MR) is 68.5 cm³/mol. The van der Waals surface area contributed by atoms with Crippen LogP contribution in [0.15, 0.2) is 18.2 Å². The van der Waals surface area contributed by atoms with Crippen LogP contribution in [0.4, 0.5) is 0 Å². The van der Waals surface area contributed by atoms with Gasteiger partial charge in [0.1, 0.15) is 5.75 Å². The highest BCUT2D eigenvalue weighted by molar-refractivity contribution is 5.42. The van der Waals surface area contributed by atoms with Crippen molar-refractivity contribution in [1.29, 1.82) is 0 Å². The summed E-state index contributed by atoms with van der Waals surface area (Å²) in [6.45, 7) is 8.63. The Morgan fingerprint density at radius 2 is 2.18 bits per heavy atom. The fourth-order valence-corrected chi connectivity index (χ4v) is 2.64. The van der Waals surface area contributed by atoms with Crippen molar-refractivity contribution in [2.45, 2.75) is 19.4 Å². The van der Waals surface area contributed by atoms with Crippen molar-refractivity contribution >= 4 is 0 Å². The summed E-state index contributed by atoms with van der Waals surface area (Å²) in [5, 5.41) is 3.38. The Kier molecular flexibility index (Phi) is 3.04. The smallest absolute Gasteiger partial charge is 0.123 e. The number of rotatable bonds is 2. The summed E-state index contributed by atoms with van der Waals surface area (Å²) in [5.41, 5.74) is 2.74. The molecule has 92 valence electrons. The van der Waals surface area contributed by atoms with E-state index in [-0.39, 0.29) is 0 Å². The molecule has 1 atom stereocenters. The molecule has 1 saturated heterocycles. The van der Waals surface area contributed by atoms with E-state index in [1.165, 1.54) is 11.1 Å². The SMILES string of the molecule is CC1COc2cc(CN3CCNCC3)ccc21. The number of nitrogens with one attached hydrogen (secondary N) is 1. The number of nitrogens with zero attached hydrogens (tertiary/aromatic N) is 1. The van der Waals surface area contributed by atoms with E-state index in [9.17, 15) is 0 Å². The predicted octanol–water partition coefficient (Wildman–Crippen LogP) is 1.59. The molecule has 0 radical (unpaired) electrons. The van der Waals surface area contributed by atoms with Gasteiger partial charge in [0, 0.05) is 44.2 Å². The molecule has 1 N–H and O–H groups in total. The second kappa shape index (κ2) is 4.67. The van der Waals surface area contributed by atoms with Crippen LogP contribution >= 0.6 is 0 Å². The zero-order chi connectivity index (χ0) is 11.7. The van der Waals surface area contributed by atoms with E-state index in [4.69, 9.17) is 4.74 Å². The zero-order valence-electron chi connectivity index (χ0n) is 10.4. The first kappa shape index (κ1) is 11.1. The van der Waals surface area contributed by atoms with Crippen molar-refractivity contribution in [3.05, 3.63) is 29.3 Å². The zero-order valence-corrected chi connectivity index (χ0v) is 10.4. The van der Waals surface area contributed by atoms with Gasteiger partial charge in [-0.3, -0.25) is 4.90 Å². The van der Waals surface area contributed by atoms with Crippen LogP contribution in [0.5, 0.6) is 5.75 Å². The summed E-state index contributed by atoms with van der Waals surface area (Å²) in [5.74, 6) is 1.66. The van der Waals surface area contributed by atoms with Gasteiger partial charge in [0.25, 0.3) is 0 Å². The van der Waals surface area contributed by atoms with E-state index in [1.807, 2.05) is 0 Å². The molecule has 0 spiro atoms. The minimum absolute atomic E-state index is 0.554. The van der Waals surface area contributed by atoms with Crippen molar-refractivity contribution in [2.24, 2.45) is 0 Å². The highest BCUT2D eigenvalue weighted by Crippen LogP contribution is 2.34. The molecule has 1 fully saturated rings. The molecule has 2 aliphatic rings. The van der Waals surface area contributed by atoms with Crippen molar-refractivity contribution in [2.75, 3.05) is 32.8 Å². The largest absolute Gasteiger partial charge is 0.493 e. The maximum Gasteiger partial charge on any atom is 0.123 e. The summed E-state index contributed by atoms with van der Waals surface area (Å²) >= 11 is 0. The van der Waals surface area contributed by atoms with Gasteiger partial charge in [0.05, 0.1) is 6.61 Å². The van der Waals surface area contributed by atoms with Gasteiger partial charge in [-0.25, -0.2) is 0 Å². The molecule has 0 saturated carbocycles. The molecule has 3 nitrogen and oxygen atoms in total. The van der Waals surface area contributed by atoms with Crippen LogP contribution in [0, 0.1) is 0 Å². The highest BCUT2D eigenvalue weighted by Gasteiger charge is 2.20. The van der Waals surface area contributed by atoms with E-state index < -0.39 is 0 Å². The average Bonchev–Trinajstić information content (AvgIpc) is 2.72. The molecule has 0 aliphatic carbocycles. The summed E-state index contributed by atoms with van der Waals surface area (Å²) in [7, 11) is 0. The van der Waals surface area contributed by atoms with Gasteiger partial charge in [-0.1, -0.05) is 19.1 Å². The first-order valence-electron chi connectivity index (χ1n) is 6.51. The van der Waals surface area contributed by atoms with E-state index >= 15 is 0 Å². The first-order valence-corrected chi connectivity index (χ1v) is 6.51. The third-order valence-corrected chi connectivity index (χ3v) is 3.71. The second-order valence-electron chi connectivity index (χ2n) is 5.11. The summed E-state index contributed by atoms with van der Waals surface area (Å²) in [4.78, 5) is 2.50. The molecule has 3 heteroatoms. The van der Waals surface area contributed by atoms with Crippen molar-refractivity contribution in [1.82, 2.24) is 10.2 Å². The lowest BCUT2D eigenvalue weighted by Crippen LogP contribution is -2.42. The van der Waals surface area contributed by atoms with Gasteiger partial charge < -0.3 is 10.1 Å². The Bertz CT molecular complexity index is 399. The summed E-state index contributed by atoms with van der Waals surface area (Å²) in [6.07, 6.45) is 0. The molecular weight excluding hydrogens is 212 g/mol. The Morgan fingerprint density at radius 3 is 3.00 bits per heavy atom. The lowest BCUT2D eigenvalue weighted by atomic mass is 10.0. The van der Waals surface area contributed by atoms with Crippen LogP contribution in [0.2, 0.25) is 0 Å². The van der Waals surface area contributed by atoms with Gasteiger partial charge in [0.2, 0.25) is 0 Å². The third-order valence-electron chi connectivity index (χ3n) is 3.71. The minimum Gasteiger partial charge on any atom is -0.493 e. The molecule has 1 aromatic carbocycles. The van der Waals surface area contributed by atoms with Gasteiger partial charge in [0.15, 0.2) is 0 Å². The maximum absolute atomic E-state index is 5.71. The number of hydrogen-bond donors (Lipinski definition) is 1. The summed E-state index contributed by atoms with van der Waals surface area (Å²) < 4.78 is 5.71. The molecule has 1 aromatic rings. The number of piperazine rings is 1. The molecule has 0 aromatic heterocycles. The van der Waals surface area contributed by atoms with Crippen molar-refractivity contribution in [3.8, 4) is 5.75 Å². The molecular formula is C14H20N2O. The van der Waals surface area contributed by atoms with Crippen LogP contribution < -0.4 is 10.1 Å². The standard InChI is InChI=1S/C14H20N2O/c1-11-10-17-14-8-12(2-3-13(11)14)9-16-6-4-15-5-7-16/h2-3,8,11,15H,4-7,9-10H2,1H3. The number of ether oxygens (including phenoxy) is 1. The second-order valence-corrected chi connectivity index (χ2v) is 5.11. The molecule has 2 heterocycles. The topological polar surface area (TPSA) is 24.5 Å². The van der Waals surface area contributed by atoms with Crippen LogP contribution in [-0.2, 0) is 6.54 Å². The van der Waals surface area contributed by atoms with E-state index in [1.54, 1.807) is 0 Å². The first-order chi connectivity index (χ1) is 8.33. The Labute approximate surface area is 103 Å². The van der Waals surface area contributed by atoms with Gasteiger partial charge >= 0.3 is 0 Å². The minimum atomic E-state index is 0.554. The van der Waals surface area contributed by atoms with Crippen molar-refractivity contribution < 1.29 is 4.74 Å². The Morgan fingerprint density at radius 1 is 1.35 bits per heavy atom. The van der Waals surface area contributed by atoms with E-state index in [0.29, 0.717) is 5.92 Å². The maximum atomic E-state index is 5.71. The fourth-order valence-electron chi connectivity index (χ4n) is 2.64. The molecule has 17 heavy (non-hydrogen) atoms. The third kappa shape index (κ3) is 2.31. The number of hydrogen-bond acceptors (Lipinski definition) is 3. The van der Waals surface area contributed by atoms with Crippen LogP contribution in [0.25, 0.3) is 0 Å². The normalized spacial score (nSPS) is 24.4. The van der Waals surface area contributed by atoms with E-state index in [2.05, 4.69) is 35.3 Å². The van der Waals surface area contributed by atoms with Crippen molar-refractivity contribution in [3.63, 3.8) is 0 Å². The quantitative estimate of drug-likeness (QED) is 0.838. The fraction of sp³-hybridized carbons (Fsp3) is 0.571. The summed E-state index contributed by atoms with van der Waals surface area (Å²) in [6, 6.07) is 6.72. The Hall–Kier alpha value is -1.06. The molecule has 2 aliphatic heterocycles. The van der Waals surface area contributed by atoms with Crippen LogP contribution in [0.3, 0.4) is 0 Å².